The molecule has 0 saturated carbocycles. The zero-order chi connectivity index (χ0) is 17.0. The molecule has 0 atom stereocenters. The van der Waals surface area contributed by atoms with Gasteiger partial charge >= 0.3 is 0 Å². The monoisotopic (exact) mass is 372 g/mol. The number of aromatic nitrogens is 3. The van der Waals surface area contributed by atoms with Crippen LogP contribution in [-0.2, 0) is 0 Å². The Bertz CT molecular complexity index is 1200. The van der Waals surface area contributed by atoms with Crippen LogP contribution < -0.4 is 20.3 Å². The van der Waals surface area contributed by atoms with E-state index in [2.05, 4.69) is 15.4 Å². The Morgan fingerprint density at radius 1 is 1.20 bits per heavy atom. The summed E-state index contributed by atoms with van der Waals surface area (Å²) in [7, 11) is 0. The van der Waals surface area contributed by atoms with Gasteiger partial charge in [-0.2, -0.15) is 4.52 Å². The molecule has 124 valence electrons. The van der Waals surface area contributed by atoms with E-state index < -0.39 is 0 Å². The van der Waals surface area contributed by atoms with Gasteiger partial charge in [-0.05, 0) is 24.3 Å². The first-order valence-corrected chi connectivity index (χ1v) is 8.53. The summed E-state index contributed by atoms with van der Waals surface area (Å²) in [6, 6.07) is 10.6. The van der Waals surface area contributed by atoms with Gasteiger partial charge in [-0.1, -0.05) is 29.0 Å². The summed E-state index contributed by atoms with van der Waals surface area (Å²) in [6.45, 7) is 0.146. The Hall–Kier alpha value is -2.84. The Morgan fingerprint density at radius 3 is 2.88 bits per heavy atom. The third kappa shape index (κ3) is 2.38. The number of fused-ring (bicyclic) bond motifs is 3. The minimum Gasteiger partial charge on any atom is -0.454 e. The molecule has 0 aliphatic carbocycles. The van der Waals surface area contributed by atoms with Crippen LogP contribution in [0, 0.1) is 0 Å². The Kier molecular flexibility index (Phi) is 3.09. The minimum atomic E-state index is -0.256. The van der Waals surface area contributed by atoms with Gasteiger partial charge in [0, 0.05) is 16.8 Å². The maximum absolute atomic E-state index is 12.7. The highest BCUT2D eigenvalue weighted by Gasteiger charge is 2.18. The van der Waals surface area contributed by atoms with E-state index in [-0.39, 0.29) is 12.4 Å². The van der Waals surface area contributed by atoms with Crippen molar-refractivity contribution in [3.8, 4) is 11.5 Å². The van der Waals surface area contributed by atoms with Crippen LogP contribution in [0.25, 0.3) is 15.9 Å². The molecule has 7 nitrogen and oxygen atoms in total. The van der Waals surface area contributed by atoms with Crippen molar-refractivity contribution in [2.24, 2.45) is 0 Å². The van der Waals surface area contributed by atoms with Crippen LogP contribution in [0.1, 0.15) is 0 Å². The van der Waals surface area contributed by atoms with Crippen LogP contribution in [0.2, 0.25) is 5.02 Å². The molecule has 4 aromatic rings. The van der Waals surface area contributed by atoms with Crippen LogP contribution in [-0.4, -0.2) is 21.4 Å². The van der Waals surface area contributed by atoms with Crippen LogP contribution in [0.5, 0.6) is 11.5 Å². The fraction of sp³-hybridized carbons (Fsp3) is 0.0625. The lowest BCUT2D eigenvalue weighted by molar-refractivity contribution is 0.174. The third-order valence-corrected chi connectivity index (χ3v) is 4.82. The summed E-state index contributed by atoms with van der Waals surface area (Å²) in [5.41, 5.74) is 1.07. The molecule has 2 aromatic carbocycles. The van der Waals surface area contributed by atoms with Gasteiger partial charge in [-0.15, -0.1) is 5.10 Å². The molecular weight excluding hydrogens is 364 g/mol. The molecule has 1 aliphatic rings. The molecule has 0 fully saturated rings. The molecule has 0 amide bonds. The van der Waals surface area contributed by atoms with Crippen LogP contribution in [0.3, 0.4) is 0 Å². The highest BCUT2D eigenvalue weighted by Crippen LogP contribution is 2.35. The van der Waals surface area contributed by atoms with Crippen molar-refractivity contribution in [2.45, 2.75) is 0 Å². The predicted molar refractivity (Wildman–Crippen MR) is 95.5 cm³/mol. The molecule has 1 N–H and O–H groups in total. The normalized spacial score (nSPS) is 12.8. The Labute approximate surface area is 149 Å². The quantitative estimate of drug-likeness (QED) is 0.581. The number of nitrogens with zero attached hydrogens (tertiary/aromatic N) is 3. The van der Waals surface area contributed by atoms with E-state index >= 15 is 0 Å². The Balaban J connectivity index is 1.65. The fourth-order valence-corrected chi connectivity index (χ4v) is 3.65. The number of benzene rings is 2. The van der Waals surface area contributed by atoms with Crippen molar-refractivity contribution >= 4 is 49.6 Å². The summed E-state index contributed by atoms with van der Waals surface area (Å²) >= 11 is 7.26. The number of rotatable bonds is 2. The highest BCUT2D eigenvalue weighted by molar-refractivity contribution is 7.20. The van der Waals surface area contributed by atoms with E-state index in [0.717, 1.165) is 5.69 Å². The van der Waals surface area contributed by atoms with Crippen LogP contribution in [0.15, 0.2) is 41.2 Å². The number of hydrogen-bond acceptors (Lipinski definition) is 7. The van der Waals surface area contributed by atoms with Crippen LogP contribution in [0.4, 0.5) is 10.8 Å². The average Bonchev–Trinajstić information content (AvgIpc) is 3.20. The van der Waals surface area contributed by atoms with Crippen molar-refractivity contribution in [3.63, 3.8) is 0 Å². The van der Waals surface area contributed by atoms with Gasteiger partial charge in [0.2, 0.25) is 16.9 Å². The number of anilines is 2. The van der Waals surface area contributed by atoms with Crippen molar-refractivity contribution in [2.75, 3.05) is 12.1 Å². The summed E-state index contributed by atoms with van der Waals surface area (Å²) in [4.78, 5) is 17.7. The number of nitrogens with one attached hydrogen (secondary N) is 1. The molecule has 0 unspecified atom stereocenters. The SMILES string of the molecule is O=c1c2cc3c(cc2nc2sc(Nc4cccc(Cl)c4)nn12)OCO3. The Morgan fingerprint density at radius 2 is 2.04 bits per heavy atom. The molecule has 0 spiro atoms. The number of halogens is 1. The summed E-state index contributed by atoms with van der Waals surface area (Å²) in [5, 5.41) is 9.04. The second kappa shape index (κ2) is 5.33. The lowest BCUT2D eigenvalue weighted by Crippen LogP contribution is -2.15. The van der Waals surface area contributed by atoms with Crippen molar-refractivity contribution in [1.82, 2.24) is 14.6 Å². The van der Waals surface area contributed by atoms with Gasteiger partial charge < -0.3 is 14.8 Å². The van der Waals surface area contributed by atoms with E-state index in [4.69, 9.17) is 21.1 Å². The molecule has 3 heterocycles. The van der Waals surface area contributed by atoms with Crippen molar-refractivity contribution < 1.29 is 9.47 Å². The van der Waals surface area contributed by atoms with E-state index in [1.54, 1.807) is 24.3 Å². The fourth-order valence-electron chi connectivity index (χ4n) is 2.64. The second-order valence-electron chi connectivity index (χ2n) is 5.38. The standard InChI is InChI=1S/C16H9ClN4O3S/c17-8-2-1-3-9(4-8)18-15-20-21-14(22)10-5-12-13(24-7-23-12)6-11(10)19-16(21)25-15/h1-6H,7H2,(H,18,20). The van der Waals surface area contributed by atoms with Crippen LogP contribution >= 0.6 is 22.9 Å². The first-order chi connectivity index (χ1) is 12.2. The van der Waals surface area contributed by atoms with E-state index in [9.17, 15) is 4.79 Å². The average molecular weight is 373 g/mol. The van der Waals surface area contributed by atoms with Gasteiger partial charge in [0.25, 0.3) is 5.56 Å². The van der Waals surface area contributed by atoms with Gasteiger partial charge in [-0.3, -0.25) is 4.79 Å². The molecule has 0 radical (unpaired) electrons. The molecule has 2 aromatic heterocycles. The summed E-state index contributed by atoms with van der Waals surface area (Å²) in [6.07, 6.45) is 0. The van der Waals surface area contributed by atoms with E-state index in [1.807, 2.05) is 12.1 Å². The molecule has 9 heteroatoms. The van der Waals surface area contributed by atoms with Gasteiger partial charge in [0.15, 0.2) is 11.5 Å². The molecule has 25 heavy (non-hydrogen) atoms. The first-order valence-electron chi connectivity index (χ1n) is 7.33. The maximum Gasteiger partial charge on any atom is 0.283 e. The predicted octanol–water partition coefficient (Wildman–Crippen LogP) is 3.43. The molecule has 1 aliphatic heterocycles. The molecular formula is C16H9ClN4O3S. The van der Waals surface area contributed by atoms with E-state index in [0.29, 0.717) is 37.5 Å². The van der Waals surface area contributed by atoms with Gasteiger partial charge in [0.05, 0.1) is 10.9 Å². The van der Waals surface area contributed by atoms with Gasteiger partial charge in [-0.25, -0.2) is 4.98 Å². The highest BCUT2D eigenvalue weighted by atomic mass is 35.5. The lowest BCUT2D eigenvalue weighted by atomic mass is 10.2. The summed E-state index contributed by atoms with van der Waals surface area (Å²) < 4.78 is 12.0. The molecule has 5 rings (SSSR count). The second-order valence-corrected chi connectivity index (χ2v) is 6.77. The third-order valence-electron chi connectivity index (χ3n) is 3.77. The molecule has 0 saturated heterocycles. The first kappa shape index (κ1) is 14.5. The zero-order valence-corrected chi connectivity index (χ0v) is 14.1. The molecule has 0 bridgehead atoms. The largest absolute Gasteiger partial charge is 0.454 e. The summed E-state index contributed by atoms with van der Waals surface area (Å²) in [5.74, 6) is 1.13. The number of ether oxygens (including phenoxy) is 2. The topological polar surface area (TPSA) is 77.8 Å². The van der Waals surface area contributed by atoms with E-state index in [1.165, 1.54) is 15.9 Å². The smallest absolute Gasteiger partial charge is 0.283 e. The maximum atomic E-state index is 12.7. The minimum absolute atomic E-state index is 0.146. The number of hydrogen-bond donors (Lipinski definition) is 1. The van der Waals surface area contributed by atoms with Crippen molar-refractivity contribution in [1.29, 1.82) is 0 Å². The van der Waals surface area contributed by atoms with Gasteiger partial charge in [0.1, 0.15) is 0 Å². The zero-order valence-electron chi connectivity index (χ0n) is 12.5. The lowest BCUT2D eigenvalue weighted by Gasteiger charge is -2.01. The van der Waals surface area contributed by atoms with Crippen molar-refractivity contribution in [3.05, 3.63) is 51.8 Å².